The fraction of sp³-hybridized carbons (Fsp3) is 1.00. The predicted octanol–water partition coefficient (Wildman–Crippen LogP) is 2.27. The van der Waals surface area contributed by atoms with Crippen LogP contribution in [-0.2, 0) is 4.37 Å². The molecular weight excluding hydrogens is 162 g/mol. The molecule has 0 aromatic heterocycles. The van der Waals surface area contributed by atoms with Gasteiger partial charge in [-0.2, -0.15) is 0 Å². The summed E-state index contributed by atoms with van der Waals surface area (Å²) >= 11 is 0. The molecule has 78 valence electrons. The molecule has 0 radical (unpaired) electrons. The largest absolute Gasteiger partial charge is 0.410 e. The van der Waals surface area contributed by atoms with E-state index < -0.39 is 0 Å². The summed E-state index contributed by atoms with van der Waals surface area (Å²) in [5, 5.41) is 0. The molecule has 0 bridgehead atoms. The van der Waals surface area contributed by atoms with Crippen molar-refractivity contribution >= 4 is 0 Å². The third-order valence-electron chi connectivity index (χ3n) is 3.40. The second-order valence-corrected chi connectivity index (χ2v) is 4.36. The lowest BCUT2D eigenvalue weighted by Gasteiger charge is -2.33. The van der Waals surface area contributed by atoms with Crippen molar-refractivity contribution in [2.45, 2.75) is 39.7 Å². The number of nitrogens with zero attached hydrogens (tertiary/aromatic N) is 1. The first-order valence-corrected chi connectivity index (χ1v) is 5.48. The minimum absolute atomic E-state index is 0.648. The lowest BCUT2D eigenvalue weighted by atomic mass is 9.99. The van der Waals surface area contributed by atoms with E-state index in [1.54, 1.807) is 0 Å². The molecular formula is C11H24NO+. The molecule has 2 unspecified atom stereocenters. The van der Waals surface area contributed by atoms with Gasteiger partial charge in [0.25, 0.3) is 0 Å². The minimum Gasteiger partial charge on any atom is -0.410 e. The molecule has 1 saturated heterocycles. The van der Waals surface area contributed by atoms with Gasteiger partial charge in [0.1, 0.15) is 7.11 Å². The van der Waals surface area contributed by atoms with E-state index in [1.165, 1.54) is 25.9 Å². The van der Waals surface area contributed by atoms with Crippen LogP contribution in [-0.4, -0.2) is 37.9 Å². The first kappa shape index (κ1) is 11.0. The van der Waals surface area contributed by atoms with E-state index in [-0.39, 0.29) is 0 Å². The zero-order chi connectivity index (χ0) is 9.84. The van der Waals surface area contributed by atoms with Gasteiger partial charge in [-0.25, -0.2) is 4.90 Å². The molecule has 0 amide bonds. The number of hydrogen-bond donors (Lipinski definition) is 0. The second kappa shape index (κ2) is 4.97. The van der Waals surface area contributed by atoms with Crippen LogP contribution in [0.25, 0.3) is 0 Å². The van der Waals surface area contributed by atoms with E-state index in [0.29, 0.717) is 6.10 Å². The van der Waals surface area contributed by atoms with Crippen LogP contribution in [0.5, 0.6) is 0 Å². The quantitative estimate of drug-likeness (QED) is 0.569. The molecule has 0 saturated carbocycles. The van der Waals surface area contributed by atoms with Crippen LogP contribution in [0.4, 0.5) is 0 Å². The van der Waals surface area contributed by atoms with Crippen molar-refractivity contribution in [1.82, 2.24) is 4.90 Å². The molecule has 1 rings (SSSR count). The van der Waals surface area contributed by atoms with Crippen LogP contribution >= 0.6 is 0 Å². The van der Waals surface area contributed by atoms with Crippen molar-refractivity contribution in [2.24, 2.45) is 5.92 Å². The van der Waals surface area contributed by atoms with Crippen LogP contribution in [0.3, 0.4) is 0 Å². The highest BCUT2D eigenvalue weighted by atomic mass is 16.7. The normalized spacial score (nSPS) is 34.2. The Morgan fingerprint density at radius 3 is 2.69 bits per heavy atom. The Bertz CT molecular complexity index is 149. The first-order chi connectivity index (χ1) is 6.15. The van der Waals surface area contributed by atoms with Gasteiger partial charge >= 0.3 is 0 Å². The molecule has 1 aliphatic rings. The van der Waals surface area contributed by atoms with Gasteiger partial charge in [0.15, 0.2) is 6.10 Å². The standard InChI is InChI=1S/C11H24NO/c1-5-12-8-6-7-10(2)11(3)13(4)9-12/h10-11H,5-9H2,1-4H3/q+1. The van der Waals surface area contributed by atoms with Gasteiger partial charge in [0.05, 0.1) is 0 Å². The zero-order valence-corrected chi connectivity index (χ0v) is 9.55. The van der Waals surface area contributed by atoms with Crippen molar-refractivity contribution in [2.75, 3.05) is 26.9 Å². The van der Waals surface area contributed by atoms with Crippen LogP contribution in [0.15, 0.2) is 0 Å². The summed E-state index contributed by atoms with van der Waals surface area (Å²) in [6, 6.07) is 0. The molecule has 2 atom stereocenters. The second-order valence-electron chi connectivity index (χ2n) is 4.36. The Morgan fingerprint density at radius 1 is 1.38 bits per heavy atom. The van der Waals surface area contributed by atoms with Crippen molar-refractivity contribution in [3.8, 4) is 0 Å². The maximum Gasteiger partial charge on any atom is 0.205 e. The number of hydrogen-bond acceptors (Lipinski definition) is 1. The Labute approximate surface area is 82.6 Å². The lowest BCUT2D eigenvalue weighted by molar-refractivity contribution is -0.213. The zero-order valence-electron chi connectivity index (χ0n) is 9.55. The third kappa shape index (κ3) is 2.96. The van der Waals surface area contributed by atoms with Crippen molar-refractivity contribution in [3.63, 3.8) is 0 Å². The smallest absolute Gasteiger partial charge is 0.205 e. The van der Waals surface area contributed by atoms with Crippen molar-refractivity contribution < 1.29 is 4.37 Å². The fourth-order valence-electron chi connectivity index (χ4n) is 1.99. The van der Waals surface area contributed by atoms with Gasteiger partial charge in [0.2, 0.25) is 6.73 Å². The Morgan fingerprint density at radius 2 is 2.08 bits per heavy atom. The molecule has 0 aromatic carbocycles. The molecule has 0 aliphatic carbocycles. The highest BCUT2D eigenvalue weighted by Crippen LogP contribution is 2.21. The molecule has 0 aromatic rings. The Kier molecular flexibility index (Phi) is 4.20. The van der Waals surface area contributed by atoms with Crippen molar-refractivity contribution in [3.05, 3.63) is 0 Å². The van der Waals surface area contributed by atoms with E-state index in [0.717, 1.165) is 12.6 Å². The first-order valence-electron chi connectivity index (χ1n) is 5.48. The van der Waals surface area contributed by atoms with Gasteiger partial charge < -0.3 is 4.37 Å². The topological polar surface area (TPSA) is 5.94 Å². The van der Waals surface area contributed by atoms with E-state index in [4.69, 9.17) is 0 Å². The van der Waals surface area contributed by atoms with Gasteiger partial charge in [-0.15, -0.1) is 0 Å². The summed E-state index contributed by atoms with van der Waals surface area (Å²) in [7, 11) is 2.16. The summed E-state index contributed by atoms with van der Waals surface area (Å²) < 4.78 is 3.28. The summed E-state index contributed by atoms with van der Waals surface area (Å²) in [5.74, 6) is 0.814. The summed E-state index contributed by atoms with van der Waals surface area (Å²) in [6.45, 7) is 10.4. The molecule has 1 aliphatic heterocycles. The maximum absolute atomic E-state index is 3.28. The summed E-state index contributed by atoms with van der Waals surface area (Å²) in [6.07, 6.45) is 3.36. The van der Waals surface area contributed by atoms with E-state index in [1.807, 2.05) is 0 Å². The molecule has 0 N–H and O–H groups in total. The van der Waals surface area contributed by atoms with Gasteiger partial charge in [0, 0.05) is 25.9 Å². The summed E-state index contributed by atoms with van der Waals surface area (Å²) in [4.78, 5) is 2.49. The van der Waals surface area contributed by atoms with Gasteiger partial charge in [-0.1, -0.05) is 13.8 Å². The predicted molar refractivity (Wildman–Crippen MR) is 57.0 cm³/mol. The van der Waals surface area contributed by atoms with Gasteiger partial charge in [-0.05, 0) is 12.8 Å². The SMILES string of the molecule is CCN1CCCC(C)C(C)[O+](C)C1. The maximum atomic E-state index is 3.28. The fourth-order valence-corrected chi connectivity index (χ4v) is 1.99. The highest BCUT2D eigenvalue weighted by Gasteiger charge is 2.26. The van der Waals surface area contributed by atoms with E-state index in [2.05, 4.69) is 37.1 Å². The summed E-state index contributed by atoms with van der Waals surface area (Å²) in [5.41, 5.74) is 0. The average molecular weight is 186 g/mol. The van der Waals surface area contributed by atoms with E-state index >= 15 is 0 Å². The minimum atomic E-state index is 0.648. The molecule has 2 nitrogen and oxygen atoms in total. The molecule has 1 heterocycles. The molecule has 1 fully saturated rings. The van der Waals surface area contributed by atoms with Crippen LogP contribution in [0, 0.1) is 5.92 Å². The third-order valence-corrected chi connectivity index (χ3v) is 3.40. The van der Waals surface area contributed by atoms with E-state index in [9.17, 15) is 0 Å². The van der Waals surface area contributed by atoms with Gasteiger partial charge in [-0.3, -0.25) is 0 Å². The molecule has 13 heavy (non-hydrogen) atoms. The van der Waals surface area contributed by atoms with Crippen LogP contribution in [0.2, 0.25) is 0 Å². The monoisotopic (exact) mass is 186 g/mol. The average Bonchev–Trinajstić information content (AvgIpc) is 2.13. The molecule has 0 spiro atoms. The highest BCUT2D eigenvalue weighted by molar-refractivity contribution is 4.68. The number of rotatable bonds is 1. The van der Waals surface area contributed by atoms with Crippen molar-refractivity contribution in [1.29, 1.82) is 0 Å². The molecule has 2 heteroatoms. The Balaban J connectivity index is 2.51. The Hall–Kier alpha value is -0.0800. The van der Waals surface area contributed by atoms with Crippen LogP contribution in [0.1, 0.15) is 33.6 Å². The van der Waals surface area contributed by atoms with Crippen LogP contribution < -0.4 is 0 Å². The lowest BCUT2D eigenvalue weighted by Crippen LogP contribution is -2.40.